The van der Waals surface area contributed by atoms with E-state index in [0.717, 1.165) is 19.3 Å². The van der Waals surface area contributed by atoms with Gasteiger partial charge in [-0.2, -0.15) is 0 Å². The van der Waals surface area contributed by atoms with Crippen LogP contribution in [0.25, 0.3) is 0 Å². The summed E-state index contributed by atoms with van der Waals surface area (Å²) in [6.45, 7) is 4.72. The van der Waals surface area contributed by atoms with Crippen molar-refractivity contribution >= 4 is 10.0 Å². The quantitative estimate of drug-likeness (QED) is 0.740. The first kappa shape index (κ1) is 17.7. The van der Waals surface area contributed by atoms with E-state index in [1.807, 2.05) is 30.3 Å². The van der Waals surface area contributed by atoms with E-state index in [4.69, 9.17) is 0 Å². The molecule has 2 aromatic carbocycles. The Hall–Kier alpha value is -1.65. The van der Waals surface area contributed by atoms with E-state index in [0.29, 0.717) is 17.4 Å². The first-order valence-electron chi connectivity index (χ1n) is 8.16. The van der Waals surface area contributed by atoms with Crippen molar-refractivity contribution in [1.29, 1.82) is 0 Å². The van der Waals surface area contributed by atoms with Crippen LogP contribution in [-0.2, 0) is 16.4 Å². The number of hydrogen-bond donors (Lipinski definition) is 1. The highest BCUT2D eigenvalue weighted by molar-refractivity contribution is 7.89. The molecule has 0 heterocycles. The third kappa shape index (κ3) is 5.19. The largest absolute Gasteiger partial charge is 0.240 e. The Balaban J connectivity index is 1.88. The predicted octanol–water partition coefficient (Wildman–Crippen LogP) is 4.11. The lowest BCUT2D eigenvalue weighted by Gasteiger charge is -2.11. The summed E-state index contributed by atoms with van der Waals surface area (Å²) in [5.41, 5.74) is 2.40. The minimum atomic E-state index is -3.41. The fraction of sp³-hybridized carbons (Fsp3) is 0.368. The molecule has 0 amide bonds. The molecule has 4 heteroatoms. The van der Waals surface area contributed by atoms with Crippen molar-refractivity contribution in [2.75, 3.05) is 6.54 Å². The van der Waals surface area contributed by atoms with Gasteiger partial charge in [0.1, 0.15) is 0 Å². The molecule has 1 atom stereocenters. The van der Waals surface area contributed by atoms with Crippen LogP contribution in [0.3, 0.4) is 0 Å². The summed E-state index contributed by atoms with van der Waals surface area (Å²) in [6, 6.07) is 17.3. The van der Waals surface area contributed by atoms with E-state index in [1.54, 1.807) is 12.1 Å². The second-order valence-corrected chi connectivity index (χ2v) is 7.63. The second kappa shape index (κ2) is 8.27. The van der Waals surface area contributed by atoms with Crippen molar-refractivity contribution in [3.05, 3.63) is 65.7 Å². The molecule has 0 saturated heterocycles. The number of sulfonamides is 1. The van der Waals surface area contributed by atoms with Gasteiger partial charge >= 0.3 is 0 Å². The molecule has 2 aromatic rings. The van der Waals surface area contributed by atoms with Crippen LogP contribution in [0.2, 0.25) is 0 Å². The highest BCUT2D eigenvalue weighted by Crippen LogP contribution is 2.20. The van der Waals surface area contributed by atoms with E-state index >= 15 is 0 Å². The fourth-order valence-corrected chi connectivity index (χ4v) is 3.51. The van der Waals surface area contributed by atoms with E-state index in [-0.39, 0.29) is 0 Å². The zero-order valence-electron chi connectivity index (χ0n) is 13.8. The molecule has 0 bridgehead atoms. The Morgan fingerprint density at radius 1 is 1.00 bits per heavy atom. The van der Waals surface area contributed by atoms with Crippen LogP contribution < -0.4 is 4.72 Å². The van der Waals surface area contributed by atoms with Crippen molar-refractivity contribution in [3.8, 4) is 0 Å². The lowest BCUT2D eigenvalue weighted by molar-refractivity contribution is 0.579. The molecule has 124 valence electrons. The van der Waals surface area contributed by atoms with E-state index in [2.05, 4.69) is 30.7 Å². The predicted molar refractivity (Wildman–Crippen MR) is 95.1 cm³/mol. The SMILES string of the molecule is CCC(C)c1ccc(S(=O)(=O)NCCCc2ccccc2)cc1. The molecule has 0 saturated carbocycles. The van der Waals surface area contributed by atoms with Gasteiger partial charge in [0.25, 0.3) is 0 Å². The van der Waals surface area contributed by atoms with Crippen LogP contribution in [0.5, 0.6) is 0 Å². The van der Waals surface area contributed by atoms with Crippen LogP contribution >= 0.6 is 0 Å². The molecule has 0 aliphatic rings. The van der Waals surface area contributed by atoms with Gasteiger partial charge < -0.3 is 0 Å². The topological polar surface area (TPSA) is 46.2 Å². The van der Waals surface area contributed by atoms with E-state index < -0.39 is 10.0 Å². The molecule has 1 N–H and O–H groups in total. The van der Waals surface area contributed by atoms with Crippen LogP contribution in [0.4, 0.5) is 0 Å². The Morgan fingerprint density at radius 2 is 1.65 bits per heavy atom. The Kier molecular flexibility index (Phi) is 6.37. The molecular formula is C19H25NO2S. The van der Waals surface area contributed by atoms with Gasteiger partial charge in [-0.1, -0.05) is 56.3 Å². The maximum Gasteiger partial charge on any atom is 0.240 e. The molecule has 3 nitrogen and oxygen atoms in total. The van der Waals surface area contributed by atoms with E-state index in [1.165, 1.54) is 11.1 Å². The van der Waals surface area contributed by atoms with Crippen molar-refractivity contribution in [1.82, 2.24) is 4.72 Å². The maximum atomic E-state index is 12.3. The molecule has 0 spiro atoms. The Labute approximate surface area is 139 Å². The summed E-state index contributed by atoms with van der Waals surface area (Å²) in [7, 11) is -3.41. The summed E-state index contributed by atoms with van der Waals surface area (Å²) in [4.78, 5) is 0.337. The molecule has 2 rings (SSSR count). The normalized spacial score (nSPS) is 13.0. The van der Waals surface area contributed by atoms with Gasteiger partial charge in [-0.25, -0.2) is 13.1 Å². The van der Waals surface area contributed by atoms with E-state index in [9.17, 15) is 8.42 Å². The fourth-order valence-electron chi connectivity index (χ4n) is 2.44. The molecular weight excluding hydrogens is 306 g/mol. The minimum Gasteiger partial charge on any atom is -0.211 e. The molecule has 23 heavy (non-hydrogen) atoms. The lowest BCUT2D eigenvalue weighted by Crippen LogP contribution is -2.25. The molecule has 0 fully saturated rings. The van der Waals surface area contributed by atoms with Crippen molar-refractivity contribution in [3.63, 3.8) is 0 Å². The number of nitrogens with one attached hydrogen (secondary N) is 1. The molecule has 0 aromatic heterocycles. The zero-order chi connectivity index (χ0) is 16.7. The van der Waals surface area contributed by atoms with Crippen molar-refractivity contribution in [2.45, 2.75) is 43.9 Å². The Bertz CT molecular complexity index is 694. The number of rotatable bonds is 8. The van der Waals surface area contributed by atoms with Gasteiger partial charge in [-0.05, 0) is 48.4 Å². The summed E-state index contributed by atoms with van der Waals surface area (Å²) in [6.07, 6.45) is 2.70. The summed E-state index contributed by atoms with van der Waals surface area (Å²) < 4.78 is 27.2. The van der Waals surface area contributed by atoms with Gasteiger partial charge in [0, 0.05) is 6.54 Å². The van der Waals surface area contributed by atoms with Crippen LogP contribution in [0.15, 0.2) is 59.5 Å². The first-order valence-corrected chi connectivity index (χ1v) is 9.65. The molecule has 1 unspecified atom stereocenters. The zero-order valence-corrected chi connectivity index (χ0v) is 14.6. The van der Waals surface area contributed by atoms with Crippen LogP contribution in [-0.4, -0.2) is 15.0 Å². The van der Waals surface area contributed by atoms with Crippen LogP contribution in [0, 0.1) is 0 Å². The van der Waals surface area contributed by atoms with Gasteiger partial charge in [0.05, 0.1) is 4.90 Å². The monoisotopic (exact) mass is 331 g/mol. The maximum absolute atomic E-state index is 12.3. The number of benzene rings is 2. The average Bonchev–Trinajstić information content (AvgIpc) is 2.59. The van der Waals surface area contributed by atoms with Gasteiger partial charge in [0.15, 0.2) is 0 Å². The number of hydrogen-bond acceptors (Lipinski definition) is 2. The molecule has 0 aliphatic carbocycles. The summed E-state index contributed by atoms with van der Waals surface area (Å²) >= 11 is 0. The minimum absolute atomic E-state index is 0.337. The summed E-state index contributed by atoms with van der Waals surface area (Å²) in [5, 5.41) is 0. The average molecular weight is 331 g/mol. The van der Waals surface area contributed by atoms with Gasteiger partial charge in [-0.3, -0.25) is 0 Å². The first-order chi connectivity index (χ1) is 11.0. The third-order valence-electron chi connectivity index (χ3n) is 4.15. The van der Waals surface area contributed by atoms with Gasteiger partial charge in [0.2, 0.25) is 10.0 Å². The summed E-state index contributed by atoms with van der Waals surface area (Å²) in [5.74, 6) is 0.450. The smallest absolute Gasteiger partial charge is 0.211 e. The molecule has 0 aliphatic heterocycles. The highest BCUT2D eigenvalue weighted by Gasteiger charge is 2.13. The van der Waals surface area contributed by atoms with Gasteiger partial charge in [-0.15, -0.1) is 0 Å². The number of aryl methyl sites for hydroxylation is 1. The Morgan fingerprint density at radius 3 is 2.26 bits per heavy atom. The van der Waals surface area contributed by atoms with Crippen molar-refractivity contribution < 1.29 is 8.42 Å². The standard InChI is InChI=1S/C19H25NO2S/c1-3-16(2)18-11-13-19(14-12-18)23(21,22)20-15-7-10-17-8-5-4-6-9-17/h4-6,8-9,11-14,16,20H,3,7,10,15H2,1-2H3. The highest BCUT2D eigenvalue weighted by atomic mass is 32.2. The van der Waals surface area contributed by atoms with Crippen LogP contribution in [0.1, 0.15) is 43.7 Å². The second-order valence-electron chi connectivity index (χ2n) is 5.87. The molecule has 0 radical (unpaired) electrons. The third-order valence-corrected chi connectivity index (χ3v) is 5.63. The lowest BCUT2D eigenvalue weighted by atomic mass is 9.99. The van der Waals surface area contributed by atoms with Crippen molar-refractivity contribution in [2.24, 2.45) is 0 Å².